The maximum atomic E-state index is 12.8. The Labute approximate surface area is 170 Å². The van der Waals surface area contributed by atoms with Crippen LogP contribution in [0.15, 0.2) is 77.8 Å². The number of rotatable bonds is 5. The van der Waals surface area contributed by atoms with E-state index in [9.17, 15) is 8.42 Å². The number of halogens is 1. The molecule has 1 aliphatic heterocycles. The van der Waals surface area contributed by atoms with E-state index in [1.165, 1.54) is 0 Å². The van der Waals surface area contributed by atoms with E-state index in [1.54, 1.807) is 30.5 Å². The van der Waals surface area contributed by atoms with Gasteiger partial charge in [0, 0.05) is 30.4 Å². The van der Waals surface area contributed by atoms with E-state index in [0.717, 1.165) is 29.9 Å². The zero-order valence-electron chi connectivity index (χ0n) is 15.1. The predicted octanol–water partition coefficient (Wildman–Crippen LogP) is 3.96. The van der Waals surface area contributed by atoms with Gasteiger partial charge in [0.2, 0.25) is 10.0 Å². The van der Waals surface area contributed by atoms with Gasteiger partial charge in [-0.3, -0.25) is 0 Å². The van der Waals surface area contributed by atoms with E-state index < -0.39 is 10.0 Å². The third kappa shape index (κ3) is 4.19. The molecule has 28 heavy (non-hydrogen) atoms. The molecule has 1 aromatic heterocycles. The van der Waals surface area contributed by atoms with Gasteiger partial charge in [-0.15, -0.1) is 0 Å². The predicted molar refractivity (Wildman–Crippen MR) is 112 cm³/mol. The number of benzene rings is 2. The molecule has 0 spiro atoms. The van der Waals surface area contributed by atoms with Crippen LogP contribution in [-0.2, 0) is 10.0 Å². The molecule has 0 bridgehead atoms. The normalized spacial score (nSPS) is 17.0. The summed E-state index contributed by atoms with van der Waals surface area (Å²) in [5.41, 5.74) is 1.87. The van der Waals surface area contributed by atoms with Crippen molar-refractivity contribution in [2.75, 3.05) is 18.0 Å². The van der Waals surface area contributed by atoms with Crippen molar-refractivity contribution < 1.29 is 8.42 Å². The summed E-state index contributed by atoms with van der Waals surface area (Å²) in [6, 6.07) is 19.9. The molecular weight excluding hydrogens is 394 g/mol. The van der Waals surface area contributed by atoms with Crippen LogP contribution >= 0.6 is 11.6 Å². The van der Waals surface area contributed by atoms with E-state index in [0.29, 0.717) is 11.6 Å². The lowest BCUT2D eigenvalue weighted by Crippen LogP contribution is -2.37. The van der Waals surface area contributed by atoms with Crippen LogP contribution in [0.5, 0.6) is 0 Å². The Morgan fingerprint density at radius 1 is 1.00 bits per heavy atom. The van der Waals surface area contributed by atoms with Crippen LogP contribution in [-0.4, -0.2) is 32.5 Å². The Bertz CT molecular complexity index is 1060. The van der Waals surface area contributed by atoms with Gasteiger partial charge in [0.15, 0.2) is 0 Å². The molecule has 2 heterocycles. The topological polar surface area (TPSA) is 62.3 Å². The number of hydrogen-bond donors (Lipinski definition) is 1. The number of nitrogens with one attached hydrogen (secondary N) is 1. The van der Waals surface area contributed by atoms with Gasteiger partial charge in [-0.25, -0.2) is 18.1 Å². The molecule has 0 aliphatic carbocycles. The average Bonchev–Trinajstić information content (AvgIpc) is 3.16. The molecule has 4 rings (SSSR count). The molecule has 0 unspecified atom stereocenters. The fourth-order valence-electron chi connectivity index (χ4n) is 3.39. The molecule has 1 saturated heterocycles. The second-order valence-corrected chi connectivity index (χ2v) is 8.93. The SMILES string of the molecule is O=S(=O)(N[C@@H]1CCN(c2ccccn2)C1)c1ccc(-c2cccc(Cl)c2)cc1. The molecule has 1 atom stereocenters. The van der Waals surface area contributed by atoms with E-state index in [2.05, 4.69) is 14.6 Å². The van der Waals surface area contributed by atoms with Crippen molar-refractivity contribution in [3.8, 4) is 11.1 Å². The van der Waals surface area contributed by atoms with Crippen LogP contribution in [0.25, 0.3) is 11.1 Å². The van der Waals surface area contributed by atoms with Crippen LogP contribution in [0, 0.1) is 0 Å². The van der Waals surface area contributed by atoms with Crippen LogP contribution in [0.1, 0.15) is 6.42 Å². The molecule has 1 fully saturated rings. The lowest BCUT2D eigenvalue weighted by molar-refractivity contribution is 0.561. The van der Waals surface area contributed by atoms with Crippen LogP contribution in [0.4, 0.5) is 5.82 Å². The zero-order chi connectivity index (χ0) is 19.6. The fourth-order valence-corrected chi connectivity index (χ4v) is 4.84. The van der Waals surface area contributed by atoms with Crippen LogP contribution < -0.4 is 9.62 Å². The van der Waals surface area contributed by atoms with Gasteiger partial charge in [0.25, 0.3) is 0 Å². The summed E-state index contributed by atoms with van der Waals surface area (Å²) in [6.07, 6.45) is 2.49. The van der Waals surface area contributed by atoms with Crippen molar-refractivity contribution in [2.24, 2.45) is 0 Å². The Kier molecular flexibility index (Phi) is 5.35. The smallest absolute Gasteiger partial charge is 0.240 e. The van der Waals surface area contributed by atoms with Gasteiger partial charge in [-0.2, -0.15) is 0 Å². The summed E-state index contributed by atoms with van der Waals surface area (Å²) in [4.78, 5) is 6.69. The first-order valence-corrected chi connectivity index (χ1v) is 10.9. The highest BCUT2D eigenvalue weighted by Gasteiger charge is 2.27. The zero-order valence-corrected chi connectivity index (χ0v) is 16.7. The highest BCUT2D eigenvalue weighted by Crippen LogP contribution is 2.25. The third-order valence-electron chi connectivity index (χ3n) is 4.81. The van der Waals surface area contributed by atoms with Crippen molar-refractivity contribution in [1.29, 1.82) is 0 Å². The molecule has 1 aliphatic rings. The summed E-state index contributed by atoms with van der Waals surface area (Å²) in [5.74, 6) is 0.870. The largest absolute Gasteiger partial charge is 0.355 e. The summed E-state index contributed by atoms with van der Waals surface area (Å²) in [6.45, 7) is 1.38. The molecule has 3 aromatic rings. The number of nitrogens with zero attached hydrogens (tertiary/aromatic N) is 2. The third-order valence-corrected chi connectivity index (χ3v) is 6.58. The van der Waals surface area contributed by atoms with E-state index in [4.69, 9.17) is 11.6 Å². The van der Waals surface area contributed by atoms with E-state index >= 15 is 0 Å². The van der Waals surface area contributed by atoms with E-state index in [1.807, 2.05) is 42.5 Å². The molecule has 1 N–H and O–H groups in total. The second-order valence-electron chi connectivity index (χ2n) is 6.78. The number of pyridine rings is 1. The Morgan fingerprint density at radius 3 is 2.54 bits per heavy atom. The molecule has 7 heteroatoms. The monoisotopic (exact) mass is 413 g/mol. The van der Waals surface area contributed by atoms with Crippen molar-refractivity contribution in [1.82, 2.24) is 9.71 Å². The molecule has 0 radical (unpaired) electrons. The van der Waals surface area contributed by atoms with Crippen molar-refractivity contribution in [2.45, 2.75) is 17.4 Å². The van der Waals surface area contributed by atoms with Gasteiger partial charge in [0.05, 0.1) is 4.90 Å². The number of anilines is 1. The van der Waals surface area contributed by atoms with Gasteiger partial charge >= 0.3 is 0 Å². The second kappa shape index (κ2) is 7.91. The molecule has 2 aromatic carbocycles. The quantitative estimate of drug-likeness (QED) is 0.687. The first-order chi connectivity index (χ1) is 13.5. The summed E-state index contributed by atoms with van der Waals surface area (Å²) in [5, 5.41) is 0.648. The Morgan fingerprint density at radius 2 is 1.82 bits per heavy atom. The molecule has 0 amide bonds. The van der Waals surface area contributed by atoms with Crippen molar-refractivity contribution in [3.63, 3.8) is 0 Å². The van der Waals surface area contributed by atoms with Gasteiger partial charge in [-0.05, 0) is 53.9 Å². The van der Waals surface area contributed by atoms with Crippen molar-refractivity contribution in [3.05, 3.63) is 77.9 Å². The Balaban J connectivity index is 1.45. The molecule has 0 saturated carbocycles. The first kappa shape index (κ1) is 18.9. The van der Waals surface area contributed by atoms with Gasteiger partial charge in [0.1, 0.15) is 5.82 Å². The molecular formula is C21H20ClN3O2S. The summed E-state index contributed by atoms with van der Waals surface area (Å²) in [7, 11) is -3.58. The number of aromatic nitrogens is 1. The summed E-state index contributed by atoms with van der Waals surface area (Å²) >= 11 is 6.04. The van der Waals surface area contributed by atoms with E-state index in [-0.39, 0.29) is 10.9 Å². The minimum atomic E-state index is -3.58. The highest BCUT2D eigenvalue weighted by molar-refractivity contribution is 7.89. The highest BCUT2D eigenvalue weighted by atomic mass is 35.5. The number of hydrogen-bond acceptors (Lipinski definition) is 4. The maximum Gasteiger partial charge on any atom is 0.240 e. The van der Waals surface area contributed by atoms with Crippen molar-refractivity contribution >= 4 is 27.4 Å². The standard InChI is InChI=1S/C21H20ClN3O2S/c22-18-5-3-4-17(14-18)16-7-9-20(10-8-16)28(26,27)24-19-11-13-25(15-19)21-6-1-2-12-23-21/h1-10,12,14,19,24H,11,13,15H2/t19-/m1/s1. The average molecular weight is 414 g/mol. The Hall–Kier alpha value is -2.41. The first-order valence-electron chi connectivity index (χ1n) is 9.06. The van der Waals surface area contributed by atoms with Gasteiger partial charge in [-0.1, -0.05) is 41.9 Å². The minimum absolute atomic E-state index is 0.139. The fraction of sp³-hybridized carbons (Fsp3) is 0.190. The molecule has 5 nitrogen and oxygen atoms in total. The lowest BCUT2D eigenvalue weighted by atomic mass is 10.1. The minimum Gasteiger partial charge on any atom is -0.355 e. The lowest BCUT2D eigenvalue weighted by Gasteiger charge is -2.18. The molecule has 144 valence electrons. The van der Waals surface area contributed by atoms with Crippen LogP contribution in [0.3, 0.4) is 0 Å². The summed E-state index contributed by atoms with van der Waals surface area (Å²) < 4.78 is 28.4. The maximum absolute atomic E-state index is 12.8. The van der Waals surface area contributed by atoms with Gasteiger partial charge < -0.3 is 4.90 Å². The van der Waals surface area contributed by atoms with Crippen LogP contribution in [0.2, 0.25) is 5.02 Å². The number of sulfonamides is 1.